The van der Waals surface area contributed by atoms with E-state index in [0.29, 0.717) is 0 Å². The number of rotatable bonds is 1. The molecule has 4 heteroatoms. The van der Waals surface area contributed by atoms with Gasteiger partial charge in [-0.25, -0.2) is 0 Å². The lowest BCUT2D eigenvalue weighted by Gasteiger charge is -2.08. The zero-order chi connectivity index (χ0) is 27.6. The second-order valence-corrected chi connectivity index (χ2v) is 9.38. The number of phenolic OH excluding ortho intramolecular Hbond substituents is 1. The maximum atomic E-state index is 10.9. The average molecular weight is 461 g/mol. The molecular formula is C30H18N2OS. The Hall–Kier alpha value is -4.28. The molecule has 0 fully saturated rings. The van der Waals surface area contributed by atoms with E-state index in [2.05, 4.69) is 11.1 Å². The van der Waals surface area contributed by atoms with E-state index >= 15 is 0 Å². The van der Waals surface area contributed by atoms with Crippen molar-refractivity contribution in [1.29, 1.82) is 0 Å². The number of nitrogens with zero attached hydrogens (tertiary/aromatic N) is 1. The lowest BCUT2D eigenvalue weighted by atomic mass is 10.1. The van der Waals surface area contributed by atoms with E-state index in [4.69, 9.17) is 6.85 Å². The molecule has 160 valence electrons. The number of benzene rings is 5. The maximum absolute atomic E-state index is 10.9. The van der Waals surface area contributed by atoms with E-state index in [0.717, 1.165) is 54.9 Å². The summed E-state index contributed by atoms with van der Waals surface area (Å²) in [5.41, 5.74) is 3.67. The number of hydrogen-bond donors (Lipinski definition) is 2. The molecule has 0 spiro atoms. The highest BCUT2D eigenvalue weighted by atomic mass is 32.1. The molecule has 0 amide bonds. The normalized spacial score (nSPS) is 14.7. The number of H-pyrrole nitrogens is 1. The molecule has 0 atom stereocenters. The Labute approximate surface area is 206 Å². The van der Waals surface area contributed by atoms with E-state index in [1.54, 1.807) is 0 Å². The van der Waals surface area contributed by atoms with Gasteiger partial charge in [0, 0.05) is 52.9 Å². The molecular weight excluding hydrogens is 436 g/mol. The third kappa shape index (κ3) is 2.25. The molecule has 0 bridgehead atoms. The summed E-state index contributed by atoms with van der Waals surface area (Å²) < 4.78 is 54.3. The number of aromatic amines is 1. The molecule has 0 unspecified atom stereocenters. The van der Waals surface area contributed by atoms with Gasteiger partial charge in [0.2, 0.25) is 0 Å². The van der Waals surface area contributed by atoms with Crippen LogP contribution in [-0.2, 0) is 0 Å². The van der Waals surface area contributed by atoms with E-state index in [1.807, 2.05) is 59.2 Å². The van der Waals surface area contributed by atoms with Crippen molar-refractivity contribution in [1.82, 2.24) is 9.55 Å². The van der Waals surface area contributed by atoms with Crippen LogP contribution in [-0.4, -0.2) is 14.7 Å². The van der Waals surface area contributed by atoms with Gasteiger partial charge in [0.1, 0.15) is 5.75 Å². The van der Waals surface area contributed by atoms with Crippen LogP contribution in [0.2, 0.25) is 0 Å². The van der Waals surface area contributed by atoms with Crippen molar-refractivity contribution in [2.75, 3.05) is 0 Å². The highest BCUT2D eigenvalue weighted by Gasteiger charge is 2.18. The first-order valence-corrected chi connectivity index (χ1v) is 11.7. The first-order valence-electron chi connectivity index (χ1n) is 13.9. The Bertz CT molecular complexity index is 2420. The van der Waals surface area contributed by atoms with Crippen LogP contribution in [0.25, 0.3) is 69.5 Å². The zero-order valence-electron chi connectivity index (χ0n) is 23.6. The molecule has 8 rings (SSSR count). The third-order valence-corrected chi connectivity index (χ3v) is 7.60. The summed E-state index contributed by atoms with van der Waals surface area (Å²) in [6, 6.07) is 18.4. The van der Waals surface area contributed by atoms with E-state index < -0.39 is 17.8 Å². The molecule has 0 radical (unpaired) electrons. The summed E-state index contributed by atoms with van der Waals surface area (Å²) >= 11 is 1.01. The van der Waals surface area contributed by atoms with Crippen molar-refractivity contribution < 1.29 is 13.3 Å². The smallest absolute Gasteiger partial charge is 0.124 e. The van der Waals surface area contributed by atoms with E-state index in [1.165, 1.54) is 0 Å². The quantitative estimate of drug-likeness (QED) is 0.253. The number of phenols is 1. The monoisotopic (exact) mass is 460 g/mol. The van der Waals surface area contributed by atoms with Crippen molar-refractivity contribution in [2.24, 2.45) is 0 Å². The molecule has 34 heavy (non-hydrogen) atoms. The third-order valence-electron chi connectivity index (χ3n) is 6.58. The number of nitrogens with one attached hydrogen (secondary N) is 1. The second kappa shape index (κ2) is 6.40. The molecule has 3 heterocycles. The largest absolute Gasteiger partial charge is 0.507 e. The fourth-order valence-corrected chi connectivity index (χ4v) is 6.12. The fourth-order valence-electron chi connectivity index (χ4n) is 5.16. The minimum atomic E-state index is -0.488. The van der Waals surface area contributed by atoms with Crippen molar-refractivity contribution >= 4 is 75.1 Å². The number of aromatic hydroxyl groups is 1. The van der Waals surface area contributed by atoms with Gasteiger partial charge in [-0.1, -0.05) is 48.5 Å². The summed E-state index contributed by atoms with van der Waals surface area (Å²) in [4.78, 5) is 3.56. The predicted molar refractivity (Wildman–Crippen MR) is 145 cm³/mol. The van der Waals surface area contributed by atoms with Gasteiger partial charge in [-0.2, -0.15) is 0 Å². The SMILES string of the molecule is [2H]c1c(-n2c3ccccc3c3c4[nH]c5ccccc5c4ccc32)c([2H])c2c(sc3c([2H])c([2H])c([2H])c(O)c32)c1[2H]. The number of aromatic nitrogens is 2. The Kier molecular flexibility index (Phi) is 2.53. The van der Waals surface area contributed by atoms with Gasteiger partial charge in [-0.3, -0.25) is 0 Å². The van der Waals surface area contributed by atoms with E-state index in [9.17, 15) is 6.48 Å². The lowest BCUT2D eigenvalue weighted by molar-refractivity contribution is 0.482. The average Bonchev–Trinajstić information content (AvgIpc) is 3.64. The maximum Gasteiger partial charge on any atom is 0.124 e. The molecule has 2 N–H and O–H groups in total. The van der Waals surface area contributed by atoms with Crippen molar-refractivity contribution in [2.45, 2.75) is 0 Å². The number of fused-ring (bicyclic) bond motifs is 10. The number of para-hydroxylation sites is 2. The van der Waals surface area contributed by atoms with Crippen LogP contribution in [0.5, 0.6) is 5.75 Å². The molecule has 3 nitrogen and oxygen atoms in total. The topological polar surface area (TPSA) is 41.0 Å². The Morgan fingerprint density at radius 3 is 2.53 bits per heavy atom. The molecule has 0 aliphatic carbocycles. The van der Waals surface area contributed by atoms with Crippen LogP contribution in [0.4, 0.5) is 0 Å². The first-order chi connectivity index (χ1) is 19.3. The molecule has 5 aromatic carbocycles. The Morgan fingerprint density at radius 2 is 1.59 bits per heavy atom. The van der Waals surface area contributed by atoms with Crippen molar-refractivity contribution in [3.63, 3.8) is 0 Å². The second-order valence-electron chi connectivity index (χ2n) is 8.36. The van der Waals surface area contributed by atoms with Crippen LogP contribution < -0.4 is 0 Å². The summed E-state index contributed by atoms with van der Waals surface area (Å²) in [6.45, 7) is 0. The van der Waals surface area contributed by atoms with Crippen LogP contribution in [0.1, 0.15) is 8.22 Å². The molecule has 0 aliphatic rings. The standard InChI is InChI=1S/C30H18N2OS/c33-25-10-5-11-27-29(25)21-16-17(12-15-26(21)34-27)32-23-9-4-2-7-20(23)28-24(32)14-13-19-18-6-1-3-8-22(18)31-30(19)28/h1-16,31,33H/i5D,10D,11D,12D,15D,16D. The summed E-state index contributed by atoms with van der Waals surface area (Å²) in [5.74, 6) is -0.485. The van der Waals surface area contributed by atoms with Crippen LogP contribution in [0.15, 0.2) is 96.9 Å². The Balaban J connectivity index is 1.59. The lowest BCUT2D eigenvalue weighted by Crippen LogP contribution is -1.93. The van der Waals surface area contributed by atoms with E-state index in [-0.39, 0.29) is 50.0 Å². The van der Waals surface area contributed by atoms with Crippen molar-refractivity contribution in [3.8, 4) is 11.4 Å². The minimum absolute atomic E-state index is 0.0755. The van der Waals surface area contributed by atoms with Gasteiger partial charge < -0.3 is 14.7 Å². The molecule has 3 aromatic heterocycles. The van der Waals surface area contributed by atoms with Gasteiger partial charge >= 0.3 is 0 Å². The predicted octanol–water partition coefficient (Wildman–Crippen LogP) is 8.49. The van der Waals surface area contributed by atoms with Gasteiger partial charge in [0.15, 0.2) is 0 Å². The van der Waals surface area contributed by atoms with Crippen LogP contribution in [0, 0.1) is 0 Å². The van der Waals surface area contributed by atoms with Crippen LogP contribution in [0.3, 0.4) is 0 Å². The van der Waals surface area contributed by atoms with Gasteiger partial charge in [-0.05, 0) is 48.4 Å². The van der Waals surface area contributed by atoms with Crippen molar-refractivity contribution in [3.05, 3.63) is 96.9 Å². The van der Waals surface area contributed by atoms with Gasteiger partial charge in [-0.15, -0.1) is 11.3 Å². The first kappa shape index (κ1) is 13.4. The fraction of sp³-hybridized carbons (Fsp3) is 0. The molecule has 0 saturated heterocycles. The summed E-state index contributed by atoms with van der Waals surface area (Å²) in [6.07, 6.45) is 0. The molecule has 8 aromatic rings. The number of hydrogen-bond acceptors (Lipinski definition) is 2. The highest BCUT2D eigenvalue weighted by Crippen LogP contribution is 2.42. The van der Waals surface area contributed by atoms with Gasteiger partial charge in [0.25, 0.3) is 0 Å². The summed E-state index contributed by atoms with van der Waals surface area (Å²) in [5, 5.41) is 15.3. The Morgan fingerprint density at radius 1 is 0.735 bits per heavy atom. The highest BCUT2D eigenvalue weighted by molar-refractivity contribution is 7.25. The zero-order valence-corrected chi connectivity index (χ0v) is 18.4. The molecule has 0 saturated carbocycles. The number of thiophene rings is 1. The van der Waals surface area contributed by atoms with Gasteiger partial charge in [0.05, 0.1) is 24.8 Å². The summed E-state index contributed by atoms with van der Waals surface area (Å²) in [7, 11) is 0. The minimum Gasteiger partial charge on any atom is -0.507 e. The van der Waals surface area contributed by atoms with Crippen LogP contribution >= 0.6 is 11.3 Å². The molecule has 0 aliphatic heterocycles.